The Balaban J connectivity index is 1.47. The van der Waals surface area contributed by atoms with E-state index < -0.39 is 21.6 Å². The van der Waals surface area contributed by atoms with Crippen molar-refractivity contribution in [1.29, 1.82) is 0 Å². The molecule has 0 aliphatic carbocycles. The molecule has 13 heteroatoms. The quantitative estimate of drug-likeness (QED) is 0.243. The lowest BCUT2D eigenvalue weighted by Gasteiger charge is -2.27. The Bertz CT molecular complexity index is 1650. The van der Waals surface area contributed by atoms with Crippen molar-refractivity contribution >= 4 is 40.3 Å². The summed E-state index contributed by atoms with van der Waals surface area (Å²) in [4.78, 5) is 28.8. The monoisotopic (exact) mass is 542 g/mol. The first-order chi connectivity index (χ1) is 18.7. The predicted octanol–water partition coefficient (Wildman–Crippen LogP) is 5.03. The molecular weight excluding hydrogens is 520 g/mol. The third-order valence-corrected chi connectivity index (χ3v) is 7.91. The average molecular weight is 543 g/mol. The summed E-state index contributed by atoms with van der Waals surface area (Å²) >= 11 is 1.49. The summed E-state index contributed by atoms with van der Waals surface area (Å²) in [6, 6.07) is 19.0. The molecular formula is C26H22N8O4S. The van der Waals surface area contributed by atoms with Crippen LogP contribution in [0.25, 0.3) is 11.4 Å². The highest BCUT2D eigenvalue weighted by atomic mass is 32.2. The molecule has 3 aromatic carbocycles. The van der Waals surface area contributed by atoms with E-state index in [4.69, 9.17) is 15.2 Å². The number of thioether (sulfide) groups is 1. The van der Waals surface area contributed by atoms with Crippen LogP contribution in [0.5, 0.6) is 0 Å². The number of fused-ring (bicyclic) bond motifs is 3. The Morgan fingerprint density at radius 2 is 1.67 bits per heavy atom. The molecule has 1 aromatic heterocycles. The fraction of sp³-hybridized carbons (Fsp3) is 0.192. The van der Waals surface area contributed by atoms with Crippen molar-refractivity contribution in [3.63, 3.8) is 0 Å². The van der Waals surface area contributed by atoms with Crippen LogP contribution in [0.3, 0.4) is 0 Å². The van der Waals surface area contributed by atoms with Crippen LogP contribution in [-0.4, -0.2) is 49.8 Å². The second-order valence-electron chi connectivity index (χ2n) is 9.46. The highest BCUT2D eigenvalue weighted by Crippen LogP contribution is 2.49. The number of aryl methyl sites for hydroxylation is 1. The van der Waals surface area contributed by atoms with Crippen LogP contribution < -0.4 is 9.91 Å². The normalized spacial score (nSPS) is 17.5. The van der Waals surface area contributed by atoms with Crippen LogP contribution in [0.1, 0.15) is 17.2 Å². The van der Waals surface area contributed by atoms with Gasteiger partial charge in [0, 0.05) is 31.4 Å². The zero-order valence-electron chi connectivity index (χ0n) is 21.1. The molecule has 3 heterocycles. The van der Waals surface area contributed by atoms with Gasteiger partial charge in [-0.15, -0.1) is 5.10 Å². The first kappa shape index (κ1) is 24.6. The standard InChI is InChI=1S/C26H22N8O4S/c1-15-4-6-17(7-5-15)24-27-26-32(28-24)25-23(39-26)22(16-8-10-18(11-9-16)30(2)3)31(29-25)20-13-12-19(33(35)36)14-21(20)34(37)38/h4-14,22-23H,1-3H3/t22-,23-/m1/s1. The number of hydrazone groups is 1. The zero-order chi connectivity index (χ0) is 27.4. The molecule has 196 valence electrons. The zero-order valence-corrected chi connectivity index (χ0v) is 21.9. The van der Waals surface area contributed by atoms with Gasteiger partial charge in [-0.1, -0.05) is 53.7 Å². The van der Waals surface area contributed by atoms with Crippen LogP contribution in [0.2, 0.25) is 0 Å². The van der Waals surface area contributed by atoms with Crippen molar-refractivity contribution in [3.8, 4) is 11.4 Å². The Kier molecular flexibility index (Phi) is 5.79. The van der Waals surface area contributed by atoms with Crippen molar-refractivity contribution in [2.24, 2.45) is 5.10 Å². The van der Waals surface area contributed by atoms with E-state index in [1.807, 2.05) is 74.4 Å². The number of anilines is 2. The number of hydrogen-bond donors (Lipinski definition) is 0. The van der Waals surface area contributed by atoms with Crippen LogP contribution in [0, 0.1) is 27.2 Å². The molecule has 4 aromatic rings. The summed E-state index contributed by atoms with van der Waals surface area (Å²) in [5.74, 6) is 1.15. The Labute approximate surface area is 226 Å². The average Bonchev–Trinajstić information content (AvgIpc) is 3.58. The van der Waals surface area contributed by atoms with E-state index in [1.54, 1.807) is 9.69 Å². The number of nitro groups is 2. The van der Waals surface area contributed by atoms with Gasteiger partial charge in [0.1, 0.15) is 10.9 Å². The molecule has 0 fully saturated rings. The van der Waals surface area contributed by atoms with Crippen LogP contribution >= 0.6 is 11.8 Å². The first-order valence-electron chi connectivity index (χ1n) is 12.0. The second-order valence-corrected chi connectivity index (χ2v) is 10.6. The Hall–Kier alpha value is -4.78. The van der Waals surface area contributed by atoms with Gasteiger partial charge < -0.3 is 4.90 Å². The van der Waals surface area contributed by atoms with Gasteiger partial charge in [-0.05, 0) is 30.7 Å². The van der Waals surface area contributed by atoms with Gasteiger partial charge in [-0.2, -0.15) is 9.78 Å². The molecule has 2 atom stereocenters. The fourth-order valence-electron chi connectivity index (χ4n) is 4.70. The summed E-state index contributed by atoms with van der Waals surface area (Å²) in [5, 5.41) is 34.9. The number of benzene rings is 3. The van der Waals surface area contributed by atoms with Crippen molar-refractivity contribution in [2.75, 3.05) is 24.0 Å². The van der Waals surface area contributed by atoms with Crippen LogP contribution in [-0.2, 0) is 0 Å². The number of non-ortho nitro benzene ring substituents is 1. The number of aromatic nitrogens is 3. The molecule has 39 heavy (non-hydrogen) atoms. The molecule has 0 saturated heterocycles. The van der Waals surface area contributed by atoms with E-state index >= 15 is 0 Å². The van der Waals surface area contributed by atoms with Gasteiger partial charge in [0.25, 0.3) is 5.69 Å². The highest BCUT2D eigenvalue weighted by molar-refractivity contribution is 8.01. The maximum Gasteiger partial charge on any atom is 0.301 e. The van der Waals surface area contributed by atoms with Crippen molar-refractivity contribution in [2.45, 2.75) is 23.4 Å². The number of nitro benzene ring substituents is 2. The predicted molar refractivity (Wildman–Crippen MR) is 148 cm³/mol. The number of rotatable bonds is 6. The number of hydrogen-bond acceptors (Lipinski definition) is 10. The van der Waals surface area contributed by atoms with Crippen molar-refractivity contribution in [1.82, 2.24) is 14.8 Å². The van der Waals surface area contributed by atoms with E-state index in [1.165, 1.54) is 23.9 Å². The third-order valence-electron chi connectivity index (χ3n) is 6.72. The lowest BCUT2D eigenvalue weighted by molar-refractivity contribution is -0.393. The minimum Gasteiger partial charge on any atom is -0.378 e. The van der Waals surface area contributed by atoms with Crippen LogP contribution in [0.15, 0.2) is 77.0 Å². The second kappa shape index (κ2) is 9.20. The molecule has 0 saturated carbocycles. The molecule has 0 radical (unpaired) electrons. The van der Waals surface area contributed by atoms with E-state index in [2.05, 4.69) is 0 Å². The van der Waals surface area contributed by atoms with Crippen LogP contribution in [0.4, 0.5) is 22.7 Å². The van der Waals surface area contributed by atoms with Gasteiger partial charge >= 0.3 is 5.69 Å². The lowest BCUT2D eigenvalue weighted by Crippen LogP contribution is -2.27. The molecule has 2 aliphatic rings. The topological polar surface area (TPSA) is 136 Å². The van der Waals surface area contributed by atoms with E-state index in [0.717, 1.165) is 28.4 Å². The molecule has 0 bridgehead atoms. The highest BCUT2D eigenvalue weighted by Gasteiger charge is 2.48. The Morgan fingerprint density at radius 1 is 0.949 bits per heavy atom. The SMILES string of the molecule is Cc1ccc(-c2nc3n(n2)C2=NN(c4ccc([N+](=O)[O-])cc4[N+](=O)[O-])[C@H](c4ccc(N(C)C)cc4)[C@H]2S3)cc1. The van der Waals surface area contributed by atoms with E-state index in [0.29, 0.717) is 16.8 Å². The molecule has 0 N–H and O–H groups in total. The maximum atomic E-state index is 12.0. The van der Waals surface area contributed by atoms with Gasteiger partial charge in [-0.3, -0.25) is 20.2 Å². The molecule has 0 unspecified atom stereocenters. The van der Waals surface area contributed by atoms with Crippen molar-refractivity contribution in [3.05, 3.63) is 98.1 Å². The molecule has 6 rings (SSSR count). The molecule has 12 nitrogen and oxygen atoms in total. The largest absolute Gasteiger partial charge is 0.378 e. The third kappa shape index (κ3) is 4.16. The van der Waals surface area contributed by atoms with Gasteiger partial charge in [0.05, 0.1) is 22.0 Å². The molecule has 0 amide bonds. The number of nitrogens with zero attached hydrogens (tertiary/aromatic N) is 8. The summed E-state index contributed by atoms with van der Waals surface area (Å²) in [6.45, 7) is 2.01. The van der Waals surface area contributed by atoms with E-state index in [9.17, 15) is 20.2 Å². The minimum atomic E-state index is -0.650. The first-order valence-corrected chi connectivity index (χ1v) is 12.9. The summed E-state index contributed by atoms with van der Waals surface area (Å²) < 4.78 is 1.68. The fourth-order valence-corrected chi connectivity index (χ4v) is 5.95. The summed E-state index contributed by atoms with van der Waals surface area (Å²) in [7, 11) is 3.89. The van der Waals surface area contributed by atoms with Crippen molar-refractivity contribution < 1.29 is 9.85 Å². The summed E-state index contributed by atoms with van der Waals surface area (Å²) in [5.41, 5.74) is 3.29. The van der Waals surface area contributed by atoms with E-state index in [-0.39, 0.29) is 16.6 Å². The van der Waals surface area contributed by atoms with Gasteiger partial charge in [-0.25, -0.2) is 9.99 Å². The molecule has 2 aliphatic heterocycles. The maximum absolute atomic E-state index is 12.0. The molecule has 0 spiro atoms. The smallest absolute Gasteiger partial charge is 0.301 e. The van der Waals surface area contributed by atoms with Gasteiger partial charge in [0.2, 0.25) is 0 Å². The summed E-state index contributed by atoms with van der Waals surface area (Å²) in [6.07, 6.45) is 0. The Morgan fingerprint density at radius 3 is 2.31 bits per heavy atom. The van der Waals surface area contributed by atoms with Gasteiger partial charge in [0.15, 0.2) is 16.8 Å². The minimum absolute atomic E-state index is 0.162. The lowest BCUT2D eigenvalue weighted by atomic mass is 10.0.